The molecule has 28 heavy (non-hydrogen) atoms. The van der Waals surface area contributed by atoms with Crippen LogP contribution in [0, 0.1) is 23.7 Å². The summed E-state index contributed by atoms with van der Waals surface area (Å²) < 4.78 is 0. The van der Waals surface area contributed by atoms with E-state index >= 15 is 0 Å². The molecule has 148 valence electrons. The summed E-state index contributed by atoms with van der Waals surface area (Å²) in [4.78, 5) is 39.0. The SMILES string of the molecule is O=C(NC1CC1)c1c(NC(=O)[C@H]2[C@@H](C(=O)O)[C@H]3C=C[C@@H]2CC3)sc2c1CCC2. The van der Waals surface area contributed by atoms with Gasteiger partial charge in [0.2, 0.25) is 5.91 Å². The zero-order valence-corrected chi connectivity index (χ0v) is 16.4. The molecule has 1 aromatic heterocycles. The molecule has 6 nitrogen and oxygen atoms in total. The third-order valence-corrected chi connectivity index (χ3v) is 7.84. The Kier molecular flexibility index (Phi) is 4.30. The van der Waals surface area contributed by atoms with Crippen LogP contribution in [0.1, 0.15) is 52.9 Å². The summed E-state index contributed by atoms with van der Waals surface area (Å²) in [6.45, 7) is 0. The molecule has 2 saturated carbocycles. The van der Waals surface area contributed by atoms with Crippen molar-refractivity contribution in [3.63, 3.8) is 0 Å². The Hall–Kier alpha value is -2.15. The van der Waals surface area contributed by atoms with Crippen molar-refractivity contribution in [2.24, 2.45) is 23.7 Å². The van der Waals surface area contributed by atoms with Gasteiger partial charge in [0, 0.05) is 10.9 Å². The standard InChI is InChI=1S/C21H24N2O4S/c24-18(15-10-4-6-11(7-5-10)16(15)21(26)27)23-20-17(19(25)22-12-8-9-12)13-2-1-3-14(13)28-20/h4,6,10-12,15-16H,1-3,5,7-9H2,(H,22,25)(H,23,24)(H,26,27)/t10-,11+,15-,16+/m1/s1. The first-order valence-electron chi connectivity index (χ1n) is 10.2. The van der Waals surface area contributed by atoms with E-state index in [1.807, 2.05) is 12.2 Å². The number of fused-ring (bicyclic) bond motifs is 3. The van der Waals surface area contributed by atoms with E-state index in [4.69, 9.17) is 0 Å². The number of carboxylic acid groups (broad SMARTS) is 1. The number of hydrogen-bond acceptors (Lipinski definition) is 4. The maximum atomic E-state index is 13.2. The zero-order valence-electron chi connectivity index (χ0n) is 15.6. The molecule has 0 aromatic carbocycles. The first kappa shape index (κ1) is 17.9. The van der Waals surface area contributed by atoms with Gasteiger partial charge in [-0.25, -0.2) is 0 Å². The fourth-order valence-electron chi connectivity index (χ4n) is 5.10. The van der Waals surface area contributed by atoms with Crippen molar-refractivity contribution in [3.05, 3.63) is 28.2 Å². The Labute approximate surface area is 167 Å². The second-order valence-corrected chi connectivity index (χ2v) is 9.58. The fourth-order valence-corrected chi connectivity index (χ4v) is 6.39. The van der Waals surface area contributed by atoms with Gasteiger partial charge in [-0.1, -0.05) is 12.2 Å². The predicted octanol–water partition coefficient (Wildman–Crippen LogP) is 2.98. The molecule has 1 heterocycles. The van der Waals surface area contributed by atoms with Crippen LogP contribution in [-0.4, -0.2) is 28.9 Å². The molecule has 0 radical (unpaired) electrons. The van der Waals surface area contributed by atoms with Gasteiger partial charge in [0.05, 0.1) is 17.4 Å². The Balaban J connectivity index is 1.43. The molecule has 3 N–H and O–H groups in total. The lowest BCUT2D eigenvalue weighted by Gasteiger charge is -2.41. The maximum Gasteiger partial charge on any atom is 0.307 e. The van der Waals surface area contributed by atoms with Crippen molar-refractivity contribution >= 4 is 34.1 Å². The summed E-state index contributed by atoms with van der Waals surface area (Å²) in [5.41, 5.74) is 1.68. The van der Waals surface area contributed by atoms with E-state index in [-0.39, 0.29) is 29.7 Å². The number of rotatable bonds is 5. The summed E-state index contributed by atoms with van der Waals surface area (Å²) in [5, 5.41) is 16.3. The lowest BCUT2D eigenvalue weighted by Crippen LogP contribution is -2.47. The number of thiophene rings is 1. The molecular weight excluding hydrogens is 376 g/mol. The number of aryl methyl sites for hydroxylation is 1. The average Bonchev–Trinajstić information content (AvgIpc) is 3.26. The summed E-state index contributed by atoms with van der Waals surface area (Å²) in [5.74, 6) is -2.63. The van der Waals surface area contributed by atoms with Crippen molar-refractivity contribution in [2.75, 3.05) is 5.32 Å². The van der Waals surface area contributed by atoms with Gasteiger partial charge in [-0.15, -0.1) is 11.3 Å². The molecule has 7 heteroatoms. The maximum absolute atomic E-state index is 13.2. The van der Waals surface area contributed by atoms with E-state index in [1.165, 1.54) is 16.2 Å². The Bertz CT molecular complexity index is 885. The van der Waals surface area contributed by atoms with Gasteiger partial charge in [-0.2, -0.15) is 0 Å². The van der Waals surface area contributed by atoms with Gasteiger partial charge in [-0.3, -0.25) is 14.4 Å². The lowest BCUT2D eigenvalue weighted by atomic mass is 9.62. The number of allylic oxidation sites excluding steroid dienone is 2. The normalized spacial score (nSPS) is 30.1. The average molecular weight is 401 g/mol. The minimum absolute atomic E-state index is 0.0401. The third-order valence-electron chi connectivity index (χ3n) is 6.63. The number of carbonyl (C=O) groups is 3. The molecule has 0 spiro atoms. The van der Waals surface area contributed by atoms with Crippen LogP contribution in [0.4, 0.5) is 5.00 Å². The fraction of sp³-hybridized carbons (Fsp3) is 0.571. The Morgan fingerprint density at radius 2 is 1.71 bits per heavy atom. The van der Waals surface area contributed by atoms with Crippen LogP contribution in [0.15, 0.2) is 12.2 Å². The van der Waals surface area contributed by atoms with E-state index in [1.54, 1.807) is 0 Å². The molecule has 0 saturated heterocycles. The summed E-state index contributed by atoms with van der Waals surface area (Å²) in [7, 11) is 0. The van der Waals surface area contributed by atoms with Crippen molar-refractivity contribution in [1.82, 2.24) is 5.32 Å². The number of anilines is 1. The first-order chi connectivity index (χ1) is 13.5. The molecule has 5 aliphatic rings. The monoisotopic (exact) mass is 400 g/mol. The largest absolute Gasteiger partial charge is 0.481 e. The first-order valence-corrected chi connectivity index (χ1v) is 11.0. The third kappa shape index (κ3) is 2.96. The topological polar surface area (TPSA) is 95.5 Å². The van der Waals surface area contributed by atoms with Gasteiger partial charge >= 0.3 is 5.97 Å². The van der Waals surface area contributed by atoms with E-state index in [2.05, 4.69) is 10.6 Å². The highest BCUT2D eigenvalue weighted by Gasteiger charge is 2.48. The van der Waals surface area contributed by atoms with Crippen LogP contribution in [-0.2, 0) is 22.4 Å². The number of amides is 2. The van der Waals surface area contributed by atoms with Crippen LogP contribution in [0.3, 0.4) is 0 Å². The minimum atomic E-state index is -0.903. The highest BCUT2D eigenvalue weighted by atomic mass is 32.1. The van der Waals surface area contributed by atoms with Crippen molar-refractivity contribution in [3.8, 4) is 0 Å². The second kappa shape index (κ2) is 6.72. The summed E-state index contributed by atoms with van der Waals surface area (Å²) in [6, 6.07) is 0.253. The molecular formula is C21H24N2O4S. The molecule has 4 atom stereocenters. The van der Waals surface area contributed by atoms with Crippen LogP contribution in [0.5, 0.6) is 0 Å². The van der Waals surface area contributed by atoms with Crippen molar-refractivity contribution in [1.29, 1.82) is 0 Å². The van der Waals surface area contributed by atoms with Crippen LogP contribution in [0.25, 0.3) is 0 Å². The van der Waals surface area contributed by atoms with Gasteiger partial charge < -0.3 is 15.7 Å². The Morgan fingerprint density at radius 1 is 1.00 bits per heavy atom. The van der Waals surface area contributed by atoms with E-state index in [9.17, 15) is 19.5 Å². The molecule has 2 bridgehead atoms. The highest BCUT2D eigenvalue weighted by molar-refractivity contribution is 7.17. The molecule has 2 amide bonds. The molecule has 0 aliphatic heterocycles. The number of aliphatic carboxylic acids is 1. The summed E-state index contributed by atoms with van der Waals surface area (Å²) >= 11 is 1.49. The van der Waals surface area contributed by atoms with Gasteiger partial charge in [0.1, 0.15) is 5.00 Å². The number of nitrogens with one attached hydrogen (secondary N) is 2. The van der Waals surface area contributed by atoms with E-state index < -0.39 is 17.8 Å². The molecule has 6 rings (SSSR count). The second-order valence-electron chi connectivity index (χ2n) is 8.48. The smallest absolute Gasteiger partial charge is 0.307 e. The van der Waals surface area contributed by atoms with Crippen molar-refractivity contribution in [2.45, 2.75) is 51.0 Å². The summed E-state index contributed by atoms with van der Waals surface area (Å²) in [6.07, 6.45) is 10.5. The molecule has 2 fully saturated rings. The van der Waals surface area contributed by atoms with Crippen molar-refractivity contribution < 1.29 is 19.5 Å². The van der Waals surface area contributed by atoms with Crippen LogP contribution < -0.4 is 10.6 Å². The number of hydrogen-bond donors (Lipinski definition) is 3. The predicted molar refractivity (Wildman–Crippen MR) is 105 cm³/mol. The highest BCUT2D eigenvalue weighted by Crippen LogP contribution is 2.46. The Morgan fingerprint density at radius 3 is 2.36 bits per heavy atom. The van der Waals surface area contributed by atoms with E-state index in [0.717, 1.165) is 50.5 Å². The van der Waals surface area contributed by atoms with E-state index in [0.29, 0.717) is 10.6 Å². The number of carboxylic acids is 1. The quantitative estimate of drug-likeness (QED) is 0.662. The molecule has 5 aliphatic carbocycles. The zero-order chi connectivity index (χ0) is 19.4. The number of carbonyl (C=O) groups excluding carboxylic acids is 2. The van der Waals surface area contributed by atoms with Crippen LogP contribution >= 0.6 is 11.3 Å². The minimum Gasteiger partial charge on any atom is -0.481 e. The molecule has 1 aromatic rings. The van der Waals surface area contributed by atoms with Gasteiger partial charge in [-0.05, 0) is 62.3 Å². The van der Waals surface area contributed by atoms with Gasteiger partial charge in [0.25, 0.3) is 5.91 Å². The van der Waals surface area contributed by atoms with Gasteiger partial charge in [0.15, 0.2) is 0 Å². The lowest BCUT2D eigenvalue weighted by molar-refractivity contribution is -0.151. The molecule has 0 unspecified atom stereocenters. The van der Waals surface area contributed by atoms with Crippen LogP contribution in [0.2, 0.25) is 0 Å².